The molecule has 0 spiro atoms. The molecule has 1 unspecified atom stereocenters. The molecule has 1 aromatic carbocycles. The lowest BCUT2D eigenvalue weighted by molar-refractivity contribution is -0.137. The lowest BCUT2D eigenvalue weighted by Crippen LogP contribution is -2.38. The van der Waals surface area contributed by atoms with Crippen molar-refractivity contribution >= 4 is 34.7 Å². The zero-order chi connectivity index (χ0) is 19.6. The summed E-state index contributed by atoms with van der Waals surface area (Å²) in [4.78, 5) is 30.2. The van der Waals surface area contributed by atoms with Crippen LogP contribution < -0.4 is 0 Å². The number of unbranched alkanes of at least 4 members (excludes halogenated alkanes) is 1. The summed E-state index contributed by atoms with van der Waals surface area (Å²) in [5, 5.41) is 9.00. The molecule has 1 atom stereocenters. The van der Waals surface area contributed by atoms with E-state index in [-0.39, 0.29) is 17.6 Å². The SMILES string of the molecule is CCCN(CCC)C(=O)C(CCCCC(=O)O)Sc1nc2ccccc2o1. The van der Waals surface area contributed by atoms with E-state index in [9.17, 15) is 9.59 Å². The highest BCUT2D eigenvalue weighted by atomic mass is 32.2. The summed E-state index contributed by atoms with van der Waals surface area (Å²) < 4.78 is 5.78. The Morgan fingerprint density at radius 3 is 2.52 bits per heavy atom. The number of hydrogen-bond donors (Lipinski definition) is 1. The van der Waals surface area contributed by atoms with Gasteiger partial charge in [0.2, 0.25) is 5.91 Å². The normalized spacial score (nSPS) is 12.2. The van der Waals surface area contributed by atoms with Gasteiger partial charge in [-0.3, -0.25) is 9.59 Å². The topological polar surface area (TPSA) is 83.6 Å². The number of nitrogens with zero attached hydrogens (tertiary/aromatic N) is 2. The molecular weight excluding hydrogens is 364 g/mol. The van der Waals surface area contributed by atoms with Crippen LogP contribution in [0.5, 0.6) is 0 Å². The molecule has 0 radical (unpaired) electrons. The number of amides is 1. The van der Waals surface area contributed by atoms with Gasteiger partial charge in [0, 0.05) is 19.5 Å². The Kier molecular flexibility index (Phi) is 8.64. The second-order valence-electron chi connectivity index (χ2n) is 6.52. The number of rotatable bonds is 12. The minimum absolute atomic E-state index is 0.0845. The van der Waals surface area contributed by atoms with Crippen LogP contribution in [0.4, 0.5) is 0 Å². The van der Waals surface area contributed by atoms with Gasteiger partial charge >= 0.3 is 5.97 Å². The van der Waals surface area contributed by atoms with Crippen molar-refractivity contribution in [3.63, 3.8) is 0 Å². The highest BCUT2D eigenvalue weighted by Crippen LogP contribution is 2.30. The van der Waals surface area contributed by atoms with E-state index in [0.29, 0.717) is 30.1 Å². The third-order valence-corrected chi connectivity index (χ3v) is 5.30. The van der Waals surface area contributed by atoms with Gasteiger partial charge in [-0.05, 0) is 37.8 Å². The van der Waals surface area contributed by atoms with Gasteiger partial charge in [0.1, 0.15) is 5.52 Å². The van der Waals surface area contributed by atoms with Crippen molar-refractivity contribution in [3.05, 3.63) is 24.3 Å². The average molecular weight is 393 g/mol. The predicted molar refractivity (Wildman–Crippen MR) is 107 cm³/mol. The summed E-state index contributed by atoms with van der Waals surface area (Å²) in [5.41, 5.74) is 1.48. The van der Waals surface area contributed by atoms with Crippen LogP contribution in [0.15, 0.2) is 33.9 Å². The molecule has 6 nitrogen and oxygen atoms in total. The maximum atomic E-state index is 13.1. The fourth-order valence-corrected chi connectivity index (χ4v) is 4.00. The first kappa shape index (κ1) is 21.3. The molecule has 7 heteroatoms. The van der Waals surface area contributed by atoms with Gasteiger partial charge in [0.15, 0.2) is 5.58 Å². The maximum Gasteiger partial charge on any atom is 0.303 e. The number of aromatic nitrogens is 1. The highest BCUT2D eigenvalue weighted by Gasteiger charge is 2.26. The fraction of sp³-hybridized carbons (Fsp3) is 0.550. The van der Waals surface area contributed by atoms with Crippen molar-refractivity contribution in [2.24, 2.45) is 0 Å². The summed E-state index contributed by atoms with van der Waals surface area (Å²) in [6.45, 7) is 5.58. The molecule has 0 bridgehead atoms. The molecule has 0 aliphatic carbocycles. The number of carboxylic acids is 1. The number of thioether (sulfide) groups is 1. The number of carbonyl (C=O) groups is 2. The lowest BCUT2D eigenvalue weighted by Gasteiger charge is -2.26. The third-order valence-electron chi connectivity index (χ3n) is 4.20. The van der Waals surface area contributed by atoms with E-state index in [1.54, 1.807) is 0 Å². The van der Waals surface area contributed by atoms with E-state index in [0.717, 1.165) is 31.4 Å². The van der Waals surface area contributed by atoms with Gasteiger partial charge in [-0.1, -0.05) is 44.2 Å². The first-order valence-corrected chi connectivity index (χ1v) is 10.5. The van der Waals surface area contributed by atoms with E-state index < -0.39 is 5.97 Å². The number of fused-ring (bicyclic) bond motifs is 1. The van der Waals surface area contributed by atoms with Crippen LogP contribution in [0, 0.1) is 0 Å². The summed E-state index contributed by atoms with van der Waals surface area (Å²) in [6, 6.07) is 7.53. The molecule has 2 aromatic rings. The molecule has 0 fully saturated rings. The number of benzene rings is 1. The Balaban J connectivity index is 2.11. The van der Waals surface area contributed by atoms with E-state index in [2.05, 4.69) is 18.8 Å². The highest BCUT2D eigenvalue weighted by molar-refractivity contribution is 8.00. The van der Waals surface area contributed by atoms with Gasteiger partial charge in [-0.15, -0.1) is 0 Å². The average Bonchev–Trinajstić information content (AvgIpc) is 3.05. The van der Waals surface area contributed by atoms with Crippen molar-refractivity contribution in [3.8, 4) is 0 Å². The van der Waals surface area contributed by atoms with Crippen molar-refractivity contribution in [1.29, 1.82) is 0 Å². The fourth-order valence-electron chi connectivity index (χ4n) is 2.94. The monoisotopic (exact) mass is 392 g/mol. The van der Waals surface area contributed by atoms with Crippen LogP contribution in [-0.4, -0.2) is 45.2 Å². The number of hydrogen-bond acceptors (Lipinski definition) is 5. The minimum Gasteiger partial charge on any atom is -0.481 e. The number of carbonyl (C=O) groups excluding carboxylic acids is 1. The zero-order valence-electron chi connectivity index (χ0n) is 16.0. The standard InChI is InChI=1S/C20H28N2O4S/c1-3-13-22(14-4-2)19(25)17(11-7-8-12-18(23)24)27-20-21-15-9-5-6-10-16(15)26-20/h5-6,9-10,17H,3-4,7-8,11-14H2,1-2H3,(H,23,24). The molecule has 27 heavy (non-hydrogen) atoms. The minimum atomic E-state index is -0.803. The molecule has 0 aliphatic heterocycles. The van der Waals surface area contributed by atoms with E-state index >= 15 is 0 Å². The molecule has 2 rings (SSSR count). The molecule has 0 saturated carbocycles. The number of oxazole rings is 1. The maximum absolute atomic E-state index is 13.1. The largest absolute Gasteiger partial charge is 0.481 e. The first-order valence-electron chi connectivity index (χ1n) is 9.58. The lowest BCUT2D eigenvalue weighted by atomic mass is 10.1. The predicted octanol–water partition coefficient (Wildman–Crippen LogP) is 4.58. The Labute approximate surface area is 164 Å². The van der Waals surface area contributed by atoms with Crippen LogP contribution in [0.3, 0.4) is 0 Å². The molecule has 1 amide bonds. The number of carboxylic acid groups (broad SMARTS) is 1. The van der Waals surface area contributed by atoms with E-state index in [1.807, 2.05) is 29.2 Å². The molecular formula is C20H28N2O4S. The number of para-hydroxylation sites is 2. The van der Waals surface area contributed by atoms with Crippen LogP contribution in [0.25, 0.3) is 11.1 Å². The molecule has 0 aliphatic rings. The Morgan fingerprint density at radius 2 is 1.89 bits per heavy atom. The first-order chi connectivity index (χ1) is 13.0. The Bertz CT molecular complexity index is 707. The van der Waals surface area contributed by atoms with Gasteiger partial charge in [-0.25, -0.2) is 4.98 Å². The molecule has 1 aromatic heterocycles. The molecule has 1 heterocycles. The van der Waals surface area contributed by atoms with Crippen molar-refractivity contribution in [1.82, 2.24) is 9.88 Å². The van der Waals surface area contributed by atoms with Gasteiger partial charge in [0.05, 0.1) is 5.25 Å². The summed E-state index contributed by atoms with van der Waals surface area (Å²) in [7, 11) is 0. The van der Waals surface area contributed by atoms with Gasteiger partial charge in [0.25, 0.3) is 5.22 Å². The van der Waals surface area contributed by atoms with E-state index in [4.69, 9.17) is 9.52 Å². The van der Waals surface area contributed by atoms with E-state index in [1.165, 1.54) is 11.8 Å². The Hall–Kier alpha value is -2.02. The zero-order valence-corrected chi connectivity index (χ0v) is 16.8. The van der Waals surface area contributed by atoms with Crippen molar-refractivity contribution < 1.29 is 19.1 Å². The molecule has 148 valence electrons. The van der Waals surface area contributed by atoms with Crippen LogP contribution in [-0.2, 0) is 9.59 Å². The quantitative estimate of drug-likeness (QED) is 0.420. The summed E-state index contributed by atoms with van der Waals surface area (Å²) in [6.07, 6.45) is 3.80. The molecule has 0 saturated heterocycles. The van der Waals surface area contributed by atoms with Gasteiger partial charge in [-0.2, -0.15) is 0 Å². The van der Waals surface area contributed by atoms with Crippen molar-refractivity contribution in [2.45, 2.75) is 62.8 Å². The van der Waals surface area contributed by atoms with Crippen LogP contribution in [0.1, 0.15) is 52.4 Å². The Morgan fingerprint density at radius 1 is 1.19 bits per heavy atom. The van der Waals surface area contributed by atoms with Crippen LogP contribution in [0.2, 0.25) is 0 Å². The second kappa shape index (κ2) is 11.0. The summed E-state index contributed by atoms with van der Waals surface area (Å²) in [5.74, 6) is -0.718. The summed E-state index contributed by atoms with van der Waals surface area (Å²) >= 11 is 1.35. The second-order valence-corrected chi connectivity index (χ2v) is 7.67. The van der Waals surface area contributed by atoms with Gasteiger partial charge < -0.3 is 14.4 Å². The van der Waals surface area contributed by atoms with Crippen molar-refractivity contribution in [2.75, 3.05) is 13.1 Å². The number of aliphatic carboxylic acids is 1. The van der Waals surface area contributed by atoms with Crippen LogP contribution >= 0.6 is 11.8 Å². The smallest absolute Gasteiger partial charge is 0.303 e. The third kappa shape index (κ3) is 6.57. The molecule has 1 N–H and O–H groups in total.